The second kappa shape index (κ2) is 3.23. The highest BCUT2D eigenvalue weighted by molar-refractivity contribution is 5.82. The summed E-state index contributed by atoms with van der Waals surface area (Å²) in [4.78, 5) is 11.9. The molecule has 0 aliphatic heterocycles. The zero-order valence-electron chi connectivity index (χ0n) is 9.70. The number of nitrogens with one attached hydrogen (secondary N) is 1. The summed E-state index contributed by atoms with van der Waals surface area (Å²) in [5, 5.41) is 3.10. The standard InChI is InChI=1S/C13H21NO/c1-7(2)6-14-13(15)12-10-8-3-4-9(5-8)11(10)12/h7-12H,3-6H2,1-2H3,(H,14,15). The summed E-state index contributed by atoms with van der Waals surface area (Å²) in [6, 6.07) is 0. The molecule has 0 aromatic heterocycles. The molecule has 2 heteroatoms. The second-order valence-corrected chi connectivity index (χ2v) is 6.15. The number of rotatable bonds is 3. The predicted octanol–water partition coefficient (Wildman–Crippen LogP) is 2.05. The van der Waals surface area contributed by atoms with Crippen molar-refractivity contribution >= 4 is 5.91 Å². The maximum Gasteiger partial charge on any atom is 0.223 e. The Morgan fingerprint density at radius 3 is 2.40 bits per heavy atom. The van der Waals surface area contributed by atoms with Crippen molar-refractivity contribution in [3.63, 3.8) is 0 Å². The van der Waals surface area contributed by atoms with Gasteiger partial charge >= 0.3 is 0 Å². The van der Waals surface area contributed by atoms with Gasteiger partial charge in [-0.1, -0.05) is 13.8 Å². The van der Waals surface area contributed by atoms with Gasteiger partial charge in [0.05, 0.1) is 0 Å². The molecular formula is C13H21NO. The monoisotopic (exact) mass is 207 g/mol. The van der Waals surface area contributed by atoms with Crippen molar-refractivity contribution in [3.05, 3.63) is 0 Å². The van der Waals surface area contributed by atoms with E-state index in [1.54, 1.807) is 0 Å². The zero-order valence-corrected chi connectivity index (χ0v) is 9.70. The lowest BCUT2D eigenvalue weighted by Crippen LogP contribution is -2.30. The van der Waals surface area contributed by atoms with Crippen LogP contribution in [0.4, 0.5) is 0 Å². The number of hydrogen-bond donors (Lipinski definition) is 1. The highest BCUT2D eigenvalue weighted by atomic mass is 16.2. The van der Waals surface area contributed by atoms with E-state index >= 15 is 0 Å². The largest absolute Gasteiger partial charge is 0.356 e. The van der Waals surface area contributed by atoms with Crippen LogP contribution in [0.15, 0.2) is 0 Å². The lowest BCUT2D eigenvalue weighted by Gasteiger charge is -2.10. The predicted molar refractivity (Wildman–Crippen MR) is 59.1 cm³/mol. The molecule has 1 amide bonds. The molecule has 3 aliphatic rings. The molecule has 2 bridgehead atoms. The van der Waals surface area contributed by atoms with Crippen LogP contribution in [0.2, 0.25) is 0 Å². The Kier molecular flexibility index (Phi) is 2.08. The van der Waals surface area contributed by atoms with Gasteiger partial charge in [-0.2, -0.15) is 0 Å². The molecule has 15 heavy (non-hydrogen) atoms. The van der Waals surface area contributed by atoms with Gasteiger partial charge in [0.15, 0.2) is 0 Å². The zero-order chi connectivity index (χ0) is 10.6. The van der Waals surface area contributed by atoms with Crippen LogP contribution < -0.4 is 5.32 Å². The van der Waals surface area contributed by atoms with Crippen molar-refractivity contribution in [3.8, 4) is 0 Å². The minimum absolute atomic E-state index is 0.357. The smallest absolute Gasteiger partial charge is 0.223 e. The number of fused-ring (bicyclic) bond motifs is 5. The third-order valence-corrected chi connectivity index (χ3v) is 4.72. The third kappa shape index (κ3) is 1.41. The molecule has 84 valence electrons. The lowest BCUT2D eigenvalue weighted by atomic mass is 10.0. The molecule has 0 spiro atoms. The maximum atomic E-state index is 11.9. The molecule has 0 saturated heterocycles. The van der Waals surface area contributed by atoms with Gasteiger partial charge in [0.1, 0.15) is 0 Å². The van der Waals surface area contributed by atoms with Gasteiger partial charge in [0.25, 0.3) is 0 Å². The van der Waals surface area contributed by atoms with Gasteiger partial charge in [-0.25, -0.2) is 0 Å². The van der Waals surface area contributed by atoms with E-state index in [-0.39, 0.29) is 0 Å². The Balaban J connectivity index is 1.56. The average Bonchev–Trinajstić information content (AvgIpc) is 2.64. The molecule has 4 atom stereocenters. The second-order valence-electron chi connectivity index (χ2n) is 6.15. The topological polar surface area (TPSA) is 29.1 Å². The summed E-state index contributed by atoms with van der Waals surface area (Å²) in [7, 11) is 0. The molecule has 4 unspecified atom stereocenters. The van der Waals surface area contributed by atoms with E-state index in [1.165, 1.54) is 19.3 Å². The molecule has 1 N–H and O–H groups in total. The van der Waals surface area contributed by atoms with Crippen molar-refractivity contribution in [1.29, 1.82) is 0 Å². The van der Waals surface area contributed by atoms with Crippen LogP contribution in [0.1, 0.15) is 33.1 Å². The molecule has 3 rings (SSSR count). The average molecular weight is 207 g/mol. The van der Waals surface area contributed by atoms with Gasteiger partial charge in [-0.3, -0.25) is 4.79 Å². The first-order valence-corrected chi connectivity index (χ1v) is 6.46. The molecule has 0 heterocycles. The van der Waals surface area contributed by atoms with Crippen LogP contribution in [0.25, 0.3) is 0 Å². The quantitative estimate of drug-likeness (QED) is 0.754. The molecule has 0 aromatic rings. The highest BCUT2D eigenvalue weighted by Gasteiger charge is 2.67. The van der Waals surface area contributed by atoms with Crippen LogP contribution in [-0.4, -0.2) is 12.5 Å². The first-order valence-electron chi connectivity index (χ1n) is 6.46. The van der Waals surface area contributed by atoms with E-state index in [0.29, 0.717) is 17.7 Å². The number of amides is 1. The Hall–Kier alpha value is -0.530. The number of hydrogen-bond acceptors (Lipinski definition) is 1. The van der Waals surface area contributed by atoms with Gasteiger partial charge in [-0.05, 0) is 48.9 Å². The number of carbonyl (C=O) groups is 1. The molecule has 0 aromatic carbocycles. The molecular weight excluding hydrogens is 186 g/mol. The number of carbonyl (C=O) groups excluding carboxylic acids is 1. The van der Waals surface area contributed by atoms with Gasteiger partial charge in [0, 0.05) is 12.5 Å². The summed E-state index contributed by atoms with van der Waals surface area (Å²) in [6.07, 6.45) is 4.24. The minimum Gasteiger partial charge on any atom is -0.356 e. The normalized spacial score (nSPS) is 45.7. The molecule has 3 fully saturated rings. The van der Waals surface area contributed by atoms with Crippen molar-refractivity contribution in [2.75, 3.05) is 6.54 Å². The first-order chi connectivity index (χ1) is 7.18. The van der Waals surface area contributed by atoms with Crippen LogP contribution in [-0.2, 0) is 4.79 Å². The highest BCUT2D eigenvalue weighted by Crippen LogP contribution is 2.69. The van der Waals surface area contributed by atoms with Crippen LogP contribution >= 0.6 is 0 Å². The maximum absolute atomic E-state index is 11.9. The minimum atomic E-state index is 0.357. The molecule has 0 radical (unpaired) electrons. The van der Waals surface area contributed by atoms with Gasteiger partial charge in [0.2, 0.25) is 5.91 Å². The fraction of sp³-hybridized carbons (Fsp3) is 0.923. The molecule has 3 saturated carbocycles. The molecule has 3 aliphatic carbocycles. The summed E-state index contributed by atoms with van der Waals surface area (Å²) in [5.41, 5.74) is 0. The summed E-state index contributed by atoms with van der Waals surface area (Å²) >= 11 is 0. The van der Waals surface area contributed by atoms with Gasteiger partial charge in [-0.15, -0.1) is 0 Å². The van der Waals surface area contributed by atoms with E-state index in [4.69, 9.17) is 0 Å². The van der Waals surface area contributed by atoms with Crippen molar-refractivity contribution < 1.29 is 4.79 Å². The van der Waals surface area contributed by atoms with Crippen molar-refractivity contribution in [2.24, 2.45) is 35.5 Å². The van der Waals surface area contributed by atoms with E-state index in [2.05, 4.69) is 19.2 Å². The molecule has 2 nitrogen and oxygen atoms in total. The van der Waals surface area contributed by atoms with Crippen LogP contribution in [0, 0.1) is 35.5 Å². The fourth-order valence-corrected chi connectivity index (χ4v) is 4.10. The van der Waals surface area contributed by atoms with E-state index < -0.39 is 0 Å². The summed E-state index contributed by atoms with van der Waals surface area (Å²) in [6.45, 7) is 5.15. The Morgan fingerprint density at radius 2 is 1.87 bits per heavy atom. The van der Waals surface area contributed by atoms with Gasteiger partial charge < -0.3 is 5.32 Å². The summed E-state index contributed by atoms with van der Waals surface area (Å²) < 4.78 is 0. The van der Waals surface area contributed by atoms with E-state index in [9.17, 15) is 4.79 Å². The van der Waals surface area contributed by atoms with E-state index in [1.807, 2.05) is 0 Å². The third-order valence-electron chi connectivity index (χ3n) is 4.72. The fourth-order valence-electron chi connectivity index (χ4n) is 4.10. The van der Waals surface area contributed by atoms with Crippen LogP contribution in [0.5, 0.6) is 0 Å². The van der Waals surface area contributed by atoms with E-state index in [0.717, 1.165) is 30.2 Å². The Bertz CT molecular complexity index is 270. The Labute approximate surface area is 91.8 Å². The SMILES string of the molecule is CC(C)CNC(=O)C1C2C3CCC(C3)C12. The van der Waals surface area contributed by atoms with Crippen molar-refractivity contribution in [1.82, 2.24) is 5.32 Å². The van der Waals surface area contributed by atoms with Crippen molar-refractivity contribution in [2.45, 2.75) is 33.1 Å². The van der Waals surface area contributed by atoms with Crippen LogP contribution in [0.3, 0.4) is 0 Å². The lowest BCUT2D eigenvalue weighted by molar-refractivity contribution is -0.123. The first kappa shape index (κ1) is 9.68. The summed E-state index contributed by atoms with van der Waals surface area (Å²) in [5.74, 6) is 4.74. The Morgan fingerprint density at radius 1 is 1.27 bits per heavy atom.